The molecule has 4 nitrogen and oxygen atoms in total. The van der Waals surface area contributed by atoms with E-state index in [-0.39, 0.29) is 0 Å². The van der Waals surface area contributed by atoms with Gasteiger partial charge in [-0.05, 0) is 24.3 Å². The van der Waals surface area contributed by atoms with E-state index in [9.17, 15) is 8.42 Å². The zero-order valence-corrected chi connectivity index (χ0v) is 10.1. The predicted octanol–water partition coefficient (Wildman–Crippen LogP) is 2.12. The van der Waals surface area contributed by atoms with Crippen molar-refractivity contribution in [2.75, 3.05) is 11.0 Å². The molecular formula is C12H12N2O2S. The number of benzene rings is 1. The van der Waals surface area contributed by atoms with Crippen LogP contribution in [0.3, 0.4) is 0 Å². The molecule has 0 fully saturated rings. The summed E-state index contributed by atoms with van der Waals surface area (Å²) in [6, 6.07) is 12.7. The smallest absolute Gasteiger partial charge is 0.229 e. The van der Waals surface area contributed by atoms with Gasteiger partial charge in [-0.3, -0.25) is 9.71 Å². The van der Waals surface area contributed by atoms with Gasteiger partial charge in [-0.1, -0.05) is 18.2 Å². The summed E-state index contributed by atoms with van der Waals surface area (Å²) in [5, 5.41) is 0. The lowest BCUT2D eigenvalue weighted by molar-refractivity contribution is 0.607. The zero-order valence-electron chi connectivity index (χ0n) is 9.29. The summed E-state index contributed by atoms with van der Waals surface area (Å²) in [4.78, 5) is 4.21. The highest BCUT2D eigenvalue weighted by Gasteiger charge is 2.02. The van der Waals surface area contributed by atoms with Crippen LogP contribution >= 0.6 is 0 Å². The van der Waals surface area contributed by atoms with Crippen LogP contribution in [0.25, 0.3) is 11.3 Å². The first-order valence-electron chi connectivity index (χ1n) is 5.04. The van der Waals surface area contributed by atoms with E-state index in [1.807, 2.05) is 30.3 Å². The Labute approximate surface area is 100 Å². The summed E-state index contributed by atoms with van der Waals surface area (Å²) in [7, 11) is -3.22. The van der Waals surface area contributed by atoms with E-state index in [1.54, 1.807) is 18.3 Å². The van der Waals surface area contributed by atoms with E-state index in [0.717, 1.165) is 17.5 Å². The molecule has 88 valence electrons. The normalized spacial score (nSPS) is 11.1. The minimum absolute atomic E-state index is 0.548. The lowest BCUT2D eigenvalue weighted by Gasteiger charge is -2.05. The van der Waals surface area contributed by atoms with Crippen molar-refractivity contribution in [3.63, 3.8) is 0 Å². The van der Waals surface area contributed by atoms with Crippen molar-refractivity contribution in [3.8, 4) is 11.3 Å². The maximum absolute atomic E-state index is 11.0. The van der Waals surface area contributed by atoms with Gasteiger partial charge in [0, 0.05) is 17.4 Å². The Bertz CT molecular complexity index is 592. The fraction of sp³-hybridized carbons (Fsp3) is 0.0833. The van der Waals surface area contributed by atoms with Crippen molar-refractivity contribution in [1.82, 2.24) is 4.98 Å². The molecule has 0 atom stereocenters. The molecular weight excluding hydrogens is 236 g/mol. The van der Waals surface area contributed by atoms with Crippen molar-refractivity contribution >= 4 is 15.7 Å². The number of nitrogens with zero attached hydrogens (tertiary/aromatic N) is 1. The lowest BCUT2D eigenvalue weighted by Crippen LogP contribution is -2.09. The van der Waals surface area contributed by atoms with E-state index in [2.05, 4.69) is 9.71 Å². The molecule has 2 aromatic rings. The monoisotopic (exact) mass is 248 g/mol. The Kier molecular flexibility index (Phi) is 3.10. The van der Waals surface area contributed by atoms with Crippen molar-refractivity contribution in [2.24, 2.45) is 0 Å². The number of sulfonamides is 1. The standard InChI is InChI=1S/C12H12N2O2S/c1-17(15,16)14-11-7-5-10(6-8-11)12-4-2-3-9-13-12/h2-9,14H,1H3. The molecule has 0 aliphatic heterocycles. The van der Waals surface area contributed by atoms with Crippen LogP contribution in [-0.2, 0) is 10.0 Å². The van der Waals surface area contributed by atoms with Crippen molar-refractivity contribution in [2.45, 2.75) is 0 Å². The van der Waals surface area contributed by atoms with Crippen LogP contribution in [0.5, 0.6) is 0 Å². The average Bonchev–Trinajstić information content (AvgIpc) is 2.29. The van der Waals surface area contributed by atoms with Gasteiger partial charge in [0.1, 0.15) is 0 Å². The van der Waals surface area contributed by atoms with Crippen LogP contribution < -0.4 is 4.72 Å². The van der Waals surface area contributed by atoms with Crippen molar-refractivity contribution < 1.29 is 8.42 Å². The van der Waals surface area contributed by atoms with Crippen LogP contribution in [0.1, 0.15) is 0 Å². The number of rotatable bonds is 3. The molecule has 0 bridgehead atoms. The highest BCUT2D eigenvalue weighted by molar-refractivity contribution is 7.92. The van der Waals surface area contributed by atoms with Crippen LogP contribution in [-0.4, -0.2) is 19.7 Å². The highest BCUT2D eigenvalue weighted by atomic mass is 32.2. The molecule has 0 unspecified atom stereocenters. The molecule has 2 rings (SSSR count). The third-order valence-electron chi connectivity index (χ3n) is 2.15. The van der Waals surface area contributed by atoms with Gasteiger partial charge in [0.2, 0.25) is 10.0 Å². The van der Waals surface area contributed by atoms with Gasteiger partial charge in [-0.25, -0.2) is 8.42 Å². The first kappa shape index (κ1) is 11.6. The number of pyridine rings is 1. The summed E-state index contributed by atoms with van der Waals surface area (Å²) < 4.78 is 24.5. The molecule has 1 heterocycles. The van der Waals surface area contributed by atoms with E-state index < -0.39 is 10.0 Å². The molecule has 17 heavy (non-hydrogen) atoms. The number of hydrogen-bond acceptors (Lipinski definition) is 3. The second-order valence-electron chi connectivity index (χ2n) is 3.67. The first-order chi connectivity index (χ1) is 8.04. The van der Waals surface area contributed by atoms with Gasteiger partial charge < -0.3 is 0 Å². The molecule has 0 saturated heterocycles. The van der Waals surface area contributed by atoms with Crippen molar-refractivity contribution in [3.05, 3.63) is 48.7 Å². The number of nitrogens with one attached hydrogen (secondary N) is 1. The highest BCUT2D eigenvalue weighted by Crippen LogP contribution is 2.19. The summed E-state index contributed by atoms with van der Waals surface area (Å²) in [5.41, 5.74) is 2.36. The minimum Gasteiger partial charge on any atom is -0.284 e. The fourth-order valence-corrected chi connectivity index (χ4v) is 2.02. The molecule has 0 aliphatic carbocycles. The molecule has 0 radical (unpaired) electrons. The SMILES string of the molecule is CS(=O)(=O)Nc1ccc(-c2ccccn2)cc1. The van der Waals surface area contributed by atoms with Gasteiger partial charge in [0.25, 0.3) is 0 Å². The Morgan fingerprint density at radius 3 is 2.29 bits per heavy atom. The number of aromatic nitrogens is 1. The molecule has 1 N–H and O–H groups in total. The second kappa shape index (κ2) is 4.55. The summed E-state index contributed by atoms with van der Waals surface area (Å²) >= 11 is 0. The molecule has 1 aromatic heterocycles. The molecule has 0 amide bonds. The third-order valence-corrected chi connectivity index (χ3v) is 2.76. The predicted molar refractivity (Wildman–Crippen MR) is 68.1 cm³/mol. The maximum atomic E-state index is 11.0. The van der Waals surface area contributed by atoms with Crippen LogP contribution in [0.15, 0.2) is 48.7 Å². The molecule has 0 spiro atoms. The zero-order chi connectivity index (χ0) is 12.3. The summed E-state index contributed by atoms with van der Waals surface area (Å²) in [5.74, 6) is 0. The Hall–Kier alpha value is -1.88. The van der Waals surface area contributed by atoms with E-state index in [4.69, 9.17) is 0 Å². The second-order valence-corrected chi connectivity index (χ2v) is 5.42. The molecule has 0 saturated carbocycles. The van der Waals surface area contributed by atoms with Crippen LogP contribution in [0.2, 0.25) is 0 Å². The largest absolute Gasteiger partial charge is 0.284 e. The Morgan fingerprint density at radius 2 is 1.76 bits per heavy atom. The van der Waals surface area contributed by atoms with Crippen molar-refractivity contribution in [1.29, 1.82) is 0 Å². The lowest BCUT2D eigenvalue weighted by atomic mass is 10.1. The maximum Gasteiger partial charge on any atom is 0.229 e. The number of hydrogen-bond donors (Lipinski definition) is 1. The van der Waals surface area contributed by atoms with Gasteiger partial charge in [0.05, 0.1) is 11.9 Å². The van der Waals surface area contributed by atoms with Crippen LogP contribution in [0, 0.1) is 0 Å². The summed E-state index contributed by atoms with van der Waals surface area (Å²) in [6.45, 7) is 0. The van der Waals surface area contributed by atoms with E-state index in [0.29, 0.717) is 5.69 Å². The quantitative estimate of drug-likeness (QED) is 0.905. The van der Waals surface area contributed by atoms with Crippen LogP contribution in [0.4, 0.5) is 5.69 Å². The average molecular weight is 248 g/mol. The van der Waals surface area contributed by atoms with Gasteiger partial charge in [-0.15, -0.1) is 0 Å². The summed E-state index contributed by atoms with van der Waals surface area (Å²) in [6.07, 6.45) is 2.84. The molecule has 1 aromatic carbocycles. The van der Waals surface area contributed by atoms with Gasteiger partial charge in [0.15, 0.2) is 0 Å². The first-order valence-corrected chi connectivity index (χ1v) is 6.93. The number of anilines is 1. The molecule has 5 heteroatoms. The Balaban J connectivity index is 2.25. The van der Waals surface area contributed by atoms with E-state index >= 15 is 0 Å². The third kappa shape index (κ3) is 3.29. The minimum atomic E-state index is -3.22. The molecule has 0 aliphatic rings. The van der Waals surface area contributed by atoms with Gasteiger partial charge >= 0.3 is 0 Å². The topological polar surface area (TPSA) is 59.1 Å². The van der Waals surface area contributed by atoms with E-state index in [1.165, 1.54) is 0 Å². The Morgan fingerprint density at radius 1 is 1.06 bits per heavy atom. The van der Waals surface area contributed by atoms with Gasteiger partial charge in [-0.2, -0.15) is 0 Å². The fourth-order valence-electron chi connectivity index (χ4n) is 1.46.